The summed E-state index contributed by atoms with van der Waals surface area (Å²) in [6.07, 6.45) is 5.29. The van der Waals surface area contributed by atoms with Gasteiger partial charge in [0, 0.05) is 12.1 Å². The molecular weight excluding hydrogens is 222 g/mol. The fourth-order valence-electron chi connectivity index (χ4n) is 2.10. The monoisotopic (exact) mass is 240 g/mol. The minimum atomic E-state index is -0.530. The van der Waals surface area contributed by atoms with Crippen LogP contribution < -0.4 is 11.3 Å². The summed E-state index contributed by atoms with van der Waals surface area (Å²) in [5, 5.41) is 0. The van der Waals surface area contributed by atoms with E-state index in [2.05, 4.69) is 5.43 Å². The Kier molecular flexibility index (Phi) is 4.07. The number of halogens is 2. The Balaban J connectivity index is 1.91. The Morgan fingerprint density at radius 3 is 2.41 bits per heavy atom. The number of hydrogen-bond donors (Lipinski definition) is 2. The fraction of sp³-hybridized carbons (Fsp3) is 0.538. The lowest BCUT2D eigenvalue weighted by atomic mass is 10.0. The van der Waals surface area contributed by atoms with Gasteiger partial charge < -0.3 is 0 Å². The molecule has 1 aromatic rings. The molecular formula is C13H18F2N2. The Hall–Kier alpha value is -1.00. The lowest BCUT2D eigenvalue weighted by Crippen LogP contribution is -2.36. The van der Waals surface area contributed by atoms with Gasteiger partial charge in [-0.05, 0) is 42.9 Å². The minimum absolute atomic E-state index is 0.0943. The molecule has 1 aromatic carbocycles. The summed E-state index contributed by atoms with van der Waals surface area (Å²) in [6, 6.07) is 3.71. The number of benzene rings is 1. The van der Waals surface area contributed by atoms with E-state index in [9.17, 15) is 8.78 Å². The predicted molar refractivity (Wildman–Crippen MR) is 63.1 cm³/mol. The van der Waals surface area contributed by atoms with Crippen LogP contribution in [-0.2, 0) is 6.42 Å². The van der Waals surface area contributed by atoms with Gasteiger partial charge in [0.15, 0.2) is 0 Å². The van der Waals surface area contributed by atoms with E-state index in [1.54, 1.807) is 0 Å². The molecule has 17 heavy (non-hydrogen) atoms. The molecule has 1 saturated carbocycles. The predicted octanol–water partition coefficient (Wildman–Crippen LogP) is 2.53. The van der Waals surface area contributed by atoms with Gasteiger partial charge in [0.05, 0.1) is 0 Å². The van der Waals surface area contributed by atoms with Crippen molar-refractivity contribution >= 4 is 0 Å². The van der Waals surface area contributed by atoms with Crippen molar-refractivity contribution < 1.29 is 8.78 Å². The van der Waals surface area contributed by atoms with E-state index in [0.717, 1.165) is 24.8 Å². The topological polar surface area (TPSA) is 38.0 Å². The molecule has 1 aliphatic carbocycles. The van der Waals surface area contributed by atoms with Crippen molar-refractivity contribution in [2.24, 2.45) is 11.8 Å². The van der Waals surface area contributed by atoms with Crippen LogP contribution in [0.1, 0.15) is 31.2 Å². The summed E-state index contributed by atoms with van der Waals surface area (Å²) in [4.78, 5) is 0. The quantitative estimate of drug-likeness (QED) is 0.592. The molecule has 0 spiro atoms. The number of hydrogen-bond acceptors (Lipinski definition) is 2. The third kappa shape index (κ3) is 4.06. The van der Waals surface area contributed by atoms with Crippen LogP contribution in [0.4, 0.5) is 8.78 Å². The molecule has 0 heterocycles. The Labute approximate surface area is 100 Å². The van der Waals surface area contributed by atoms with Crippen LogP contribution >= 0.6 is 0 Å². The summed E-state index contributed by atoms with van der Waals surface area (Å²) >= 11 is 0. The molecule has 2 nitrogen and oxygen atoms in total. The third-order valence-corrected chi connectivity index (χ3v) is 3.26. The fourth-order valence-corrected chi connectivity index (χ4v) is 2.10. The van der Waals surface area contributed by atoms with Crippen LogP contribution in [0.15, 0.2) is 18.2 Å². The van der Waals surface area contributed by atoms with E-state index in [4.69, 9.17) is 5.84 Å². The van der Waals surface area contributed by atoms with E-state index in [-0.39, 0.29) is 6.04 Å². The highest BCUT2D eigenvalue weighted by molar-refractivity contribution is 5.18. The van der Waals surface area contributed by atoms with Gasteiger partial charge in [-0.15, -0.1) is 0 Å². The average Bonchev–Trinajstić information content (AvgIpc) is 3.06. The first-order valence-electron chi connectivity index (χ1n) is 6.08. The molecule has 0 aromatic heterocycles. The van der Waals surface area contributed by atoms with Crippen molar-refractivity contribution in [3.63, 3.8) is 0 Å². The van der Waals surface area contributed by atoms with Gasteiger partial charge >= 0.3 is 0 Å². The second-order valence-corrected chi connectivity index (χ2v) is 4.87. The van der Waals surface area contributed by atoms with Crippen molar-refractivity contribution in [3.05, 3.63) is 35.4 Å². The summed E-state index contributed by atoms with van der Waals surface area (Å²) in [6.45, 7) is 0. The van der Waals surface area contributed by atoms with Gasteiger partial charge in [-0.3, -0.25) is 11.3 Å². The first-order chi connectivity index (χ1) is 8.17. The zero-order valence-corrected chi connectivity index (χ0v) is 9.76. The van der Waals surface area contributed by atoms with Gasteiger partial charge in [0.25, 0.3) is 0 Å². The molecule has 94 valence electrons. The second-order valence-electron chi connectivity index (χ2n) is 4.87. The molecule has 0 aliphatic heterocycles. The highest BCUT2D eigenvalue weighted by Gasteiger charge is 2.22. The molecule has 1 fully saturated rings. The average molecular weight is 240 g/mol. The molecule has 0 amide bonds. The normalized spacial score (nSPS) is 17.1. The van der Waals surface area contributed by atoms with Crippen LogP contribution in [0.25, 0.3) is 0 Å². The van der Waals surface area contributed by atoms with Gasteiger partial charge in [-0.25, -0.2) is 8.78 Å². The highest BCUT2D eigenvalue weighted by Crippen LogP contribution is 2.34. The molecule has 0 saturated heterocycles. The highest BCUT2D eigenvalue weighted by atomic mass is 19.1. The Morgan fingerprint density at radius 2 is 1.88 bits per heavy atom. The number of nitrogens with one attached hydrogen (secondary N) is 1. The SMILES string of the molecule is NNC(CCC1CC1)Cc1cc(F)cc(F)c1. The molecule has 2 rings (SSSR count). The van der Waals surface area contributed by atoms with E-state index in [0.29, 0.717) is 12.0 Å². The van der Waals surface area contributed by atoms with Gasteiger partial charge in [-0.1, -0.05) is 12.8 Å². The smallest absolute Gasteiger partial charge is 0.126 e. The van der Waals surface area contributed by atoms with Gasteiger partial charge in [-0.2, -0.15) is 0 Å². The first kappa shape index (κ1) is 12.5. The van der Waals surface area contributed by atoms with Crippen molar-refractivity contribution in [2.75, 3.05) is 0 Å². The largest absolute Gasteiger partial charge is 0.271 e. The van der Waals surface area contributed by atoms with E-state index in [1.165, 1.54) is 25.0 Å². The maximum Gasteiger partial charge on any atom is 0.126 e. The van der Waals surface area contributed by atoms with Crippen LogP contribution in [-0.4, -0.2) is 6.04 Å². The van der Waals surface area contributed by atoms with E-state index in [1.807, 2.05) is 0 Å². The lowest BCUT2D eigenvalue weighted by Gasteiger charge is -2.15. The minimum Gasteiger partial charge on any atom is -0.271 e. The number of rotatable bonds is 6. The van der Waals surface area contributed by atoms with Crippen LogP contribution in [0.5, 0.6) is 0 Å². The maximum atomic E-state index is 13.0. The standard InChI is InChI=1S/C13H18F2N2/c14-11-5-10(6-12(15)8-11)7-13(17-16)4-3-9-1-2-9/h5-6,8-9,13,17H,1-4,7,16H2. The number of hydrazine groups is 1. The van der Waals surface area contributed by atoms with Crippen LogP contribution in [0, 0.1) is 17.6 Å². The van der Waals surface area contributed by atoms with E-state index >= 15 is 0 Å². The van der Waals surface area contributed by atoms with Crippen molar-refractivity contribution in [1.82, 2.24) is 5.43 Å². The maximum absolute atomic E-state index is 13.0. The summed E-state index contributed by atoms with van der Waals surface area (Å²) < 4.78 is 26.0. The zero-order chi connectivity index (χ0) is 12.3. The molecule has 1 aliphatic rings. The Morgan fingerprint density at radius 1 is 1.24 bits per heavy atom. The lowest BCUT2D eigenvalue weighted by molar-refractivity contribution is 0.460. The molecule has 3 N–H and O–H groups in total. The first-order valence-corrected chi connectivity index (χ1v) is 6.08. The molecule has 1 atom stereocenters. The number of nitrogens with two attached hydrogens (primary N) is 1. The van der Waals surface area contributed by atoms with Gasteiger partial charge in [0.2, 0.25) is 0 Å². The van der Waals surface area contributed by atoms with Gasteiger partial charge in [0.1, 0.15) is 11.6 Å². The third-order valence-electron chi connectivity index (χ3n) is 3.26. The van der Waals surface area contributed by atoms with Crippen LogP contribution in [0.3, 0.4) is 0 Å². The van der Waals surface area contributed by atoms with Crippen LogP contribution in [0.2, 0.25) is 0 Å². The zero-order valence-electron chi connectivity index (χ0n) is 9.76. The Bertz CT molecular complexity index is 357. The molecule has 4 heteroatoms. The molecule has 0 radical (unpaired) electrons. The molecule has 0 bridgehead atoms. The van der Waals surface area contributed by atoms with Crippen molar-refractivity contribution in [2.45, 2.75) is 38.1 Å². The summed E-state index contributed by atoms with van der Waals surface area (Å²) in [5.41, 5.74) is 3.38. The second kappa shape index (κ2) is 5.56. The summed E-state index contributed by atoms with van der Waals surface area (Å²) in [5.74, 6) is 5.25. The van der Waals surface area contributed by atoms with Crippen molar-refractivity contribution in [3.8, 4) is 0 Å². The summed E-state index contributed by atoms with van der Waals surface area (Å²) in [7, 11) is 0. The van der Waals surface area contributed by atoms with E-state index < -0.39 is 11.6 Å². The molecule has 1 unspecified atom stereocenters. The van der Waals surface area contributed by atoms with Crippen molar-refractivity contribution in [1.29, 1.82) is 0 Å².